The minimum absolute atomic E-state index is 0.102. The number of allylic oxidation sites excluding steroid dienone is 3. The van der Waals surface area contributed by atoms with Crippen molar-refractivity contribution in [1.29, 1.82) is 0 Å². The summed E-state index contributed by atoms with van der Waals surface area (Å²) in [6.45, 7) is 31.8. The number of methoxy groups -OCH3 is 1. The number of carbonyl (C=O) groups excluding carboxylic acids is 2. The second-order valence-electron chi connectivity index (χ2n) is 39.3. The van der Waals surface area contributed by atoms with Crippen molar-refractivity contribution < 1.29 is 84.0 Å². The van der Waals surface area contributed by atoms with Crippen molar-refractivity contribution in [3.63, 3.8) is 0 Å². The Kier molecular flexibility index (Phi) is 44.6. The minimum atomic E-state index is -1.32. The average Bonchev–Trinajstić information content (AvgIpc) is 1.69. The zero-order valence-corrected chi connectivity index (χ0v) is 86.6. The first-order valence-electron chi connectivity index (χ1n) is 44.5. The Labute approximate surface area is 792 Å². The van der Waals surface area contributed by atoms with Gasteiger partial charge in [-0.3, -0.25) is 81.3 Å². The van der Waals surface area contributed by atoms with E-state index in [1.807, 2.05) is 59.8 Å². The molecule has 5 aliphatic heterocycles. The SMILES string of the molecule is C=P(C)(C)CC[C@H]1O[C@@H](n2cc(CC(C)=O)c(=O)[nH]c2=O)[C@H](O)[C@@H]1O.C=P(C)(C)CC[C@H]1O[C@@H](n2cc(CC(C)=O)c(=O)[nH]c2=O)[C@H](O)[C@@H]1O.C=P(C)(C)CC[C@H]1O[C@@H](n2cc(CNCC=C(C)C)c(=O)[nH]c2=O)[C@H](O)[C@@H]1O.C=P(C)(C)CC[C@H]1O[C@@H](n2cc(CNCC=C(C)C)c(=O)[nH]c2=O)[C@H](OC)[C@@H]1O.C=P(C)(C)CC[C@H]1O[C@@H](n2cc(CNCC=C(C)C)c(=O)[nH]c2=S)[C@H](O)[C@@H]1O. The fraction of sp³-hybridized carbons (Fsp3) is 0.633. The second-order valence-corrected chi connectivity index (χ2v) is 61.3. The Morgan fingerprint density at radius 1 is 0.356 bits per heavy atom. The van der Waals surface area contributed by atoms with Crippen LogP contribution in [0.15, 0.2) is 109 Å². The summed E-state index contributed by atoms with van der Waals surface area (Å²) in [5.74, 6) is -0.466. The van der Waals surface area contributed by atoms with Crippen LogP contribution in [0.25, 0.3) is 0 Å². The van der Waals surface area contributed by atoms with E-state index in [4.69, 9.17) is 40.6 Å². The van der Waals surface area contributed by atoms with Gasteiger partial charge in [-0.05, 0) is 197 Å². The van der Waals surface area contributed by atoms with E-state index in [-0.39, 0.29) is 52.4 Å². The topological polar surface area (TPSA) is 565 Å². The van der Waals surface area contributed by atoms with Crippen LogP contribution in [-0.4, -0.2) is 353 Å². The second kappa shape index (κ2) is 51.5. The number of carbonyl (C=O) groups is 2. The molecule has 0 unspecified atom stereocenters. The van der Waals surface area contributed by atoms with Gasteiger partial charge in [-0.15, -0.1) is 65.9 Å². The van der Waals surface area contributed by atoms with Crippen LogP contribution in [0.5, 0.6) is 0 Å². The molecule has 39 nitrogen and oxygen atoms in total. The van der Waals surface area contributed by atoms with Crippen molar-refractivity contribution >= 4 is 89.7 Å². The van der Waals surface area contributed by atoms with Gasteiger partial charge in [0.1, 0.15) is 72.6 Å². The van der Waals surface area contributed by atoms with Crippen molar-refractivity contribution in [2.75, 3.05) is 124 Å². The number of ether oxygens (including phenoxy) is 6. The van der Waals surface area contributed by atoms with Gasteiger partial charge in [0, 0.05) is 118 Å². The number of aliphatic hydroxyl groups excluding tert-OH is 9. The standard InChI is InChI=1S/C20H34N3O5P.C19H32N3O5P.C19H32N3O4PS.2C16H25N2O6P/c1-13(2)7-9-21-11-14-12-23(20(26)22-18(14)25)19-17(27-3)16(24)15(28-19)8-10-29(4,5)6;1-12(2)6-8-20-10-13-11-22(19(26)21-17(13)25)18-16(24)15(23)14(27-18)7-9-28(3,4)5;1-12(2)6-8-20-10-13-11-22(19(28)21-17(13)25)18-16(24)15(23)14(26-18)7-9-27(3,4)5;2*1-9(19)7-10-8-18(16(23)17-14(10)22)15-13(21)12(20)11(24-15)5-6-25(2,3)4/h7,12,15-17,19,21,24H,4,8-11H2,1-3,5-6H3,(H,22,25,26);6,11,14-16,18,20,23-24H,3,7-10H2,1-2,4-5H3,(H,21,25,26);6,11,14-16,18,20,23-24H,3,7-10H2,1-2,4-5H3,(H,21,25,28);2*8,11-13,15,20-21H,2,5-7H2,1,3-4H3,(H,17,22,23)/t15-,16-,17-,19-;2*14-,15-,16-,18-;2*11-,12-,13-,15-/m11111/s1. The Hall–Kier alpha value is -6.84. The third kappa shape index (κ3) is 36.3. The molecule has 0 radical (unpaired) electrons. The molecule has 760 valence electrons. The van der Waals surface area contributed by atoms with Crippen LogP contribution in [0.4, 0.5) is 0 Å². The van der Waals surface area contributed by atoms with Gasteiger partial charge in [-0.2, -0.15) is 0 Å². The normalized spacial score (nSPS) is 25.6. The first kappa shape index (κ1) is 117. The monoisotopic (exact) mass is 2010 g/mol. The maximum absolute atomic E-state index is 12.4. The Balaban J connectivity index is 0.000000260. The van der Waals surface area contributed by atoms with E-state index < -0.39 is 202 Å². The summed E-state index contributed by atoms with van der Waals surface area (Å²) in [4.78, 5) is 143. The van der Waals surface area contributed by atoms with E-state index in [1.54, 1.807) is 6.20 Å². The van der Waals surface area contributed by atoms with Gasteiger partial charge in [0.05, 0.1) is 30.5 Å². The van der Waals surface area contributed by atoms with Crippen LogP contribution in [0.1, 0.15) is 146 Å². The number of aromatic amines is 5. The molecule has 5 aromatic heterocycles. The number of rotatable bonds is 37. The maximum atomic E-state index is 12.4. The lowest BCUT2D eigenvalue weighted by atomic mass is 10.1. The maximum Gasteiger partial charge on any atom is 0.330 e. The van der Waals surface area contributed by atoms with Gasteiger partial charge < -0.3 is 90.3 Å². The summed E-state index contributed by atoms with van der Waals surface area (Å²) in [7, 11) is 1.48. The van der Waals surface area contributed by atoms with Gasteiger partial charge in [0.15, 0.2) is 35.9 Å². The summed E-state index contributed by atoms with van der Waals surface area (Å²) in [5, 5.41) is 103. The molecule has 5 fully saturated rings. The molecular weight excluding hydrogens is 1870 g/mol. The molecule has 10 heterocycles. The Morgan fingerprint density at radius 3 is 0.815 bits per heavy atom. The fourth-order valence-corrected chi connectivity index (χ4v) is 19.8. The van der Waals surface area contributed by atoms with E-state index >= 15 is 0 Å². The van der Waals surface area contributed by atoms with E-state index in [1.165, 1.54) is 66.0 Å². The molecule has 20 atom stereocenters. The quantitative estimate of drug-likeness (QED) is 0.0116. The summed E-state index contributed by atoms with van der Waals surface area (Å²) in [5.41, 5.74) is -0.345. The first-order chi connectivity index (χ1) is 62.5. The van der Waals surface area contributed by atoms with E-state index in [2.05, 4.69) is 139 Å². The van der Waals surface area contributed by atoms with Crippen molar-refractivity contribution in [2.24, 2.45) is 0 Å². The molecule has 0 bridgehead atoms. The van der Waals surface area contributed by atoms with Crippen LogP contribution < -0.4 is 66.5 Å². The number of nitrogens with zero attached hydrogens (tertiary/aromatic N) is 5. The highest BCUT2D eigenvalue weighted by Gasteiger charge is 2.49. The lowest BCUT2D eigenvalue weighted by Gasteiger charge is -2.21. The summed E-state index contributed by atoms with van der Waals surface area (Å²) in [6, 6.07) is 0. The number of hydrogen-bond donors (Lipinski definition) is 17. The van der Waals surface area contributed by atoms with Crippen molar-refractivity contribution in [1.82, 2.24) is 63.7 Å². The van der Waals surface area contributed by atoms with E-state index in [0.717, 1.165) is 50.1 Å². The molecule has 5 saturated heterocycles. The highest BCUT2D eigenvalue weighted by molar-refractivity contribution is 7.73. The molecule has 0 aromatic carbocycles. The highest BCUT2D eigenvalue weighted by Crippen LogP contribution is 2.45. The third-order valence-electron chi connectivity index (χ3n) is 22.4. The lowest BCUT2D eigenvalue weighted by Crippen LogP contribution is -2.40. The summed E-state index contributed by atoms with van der Waals surface area (Å²) < 4.78 is 40.8. The minimum Gasteiger partial charge on any atom is -0.388 e. The van der Waals surface area contributed by atoms with Gasteiger partial charge >= 0.3 is 22.8 Å². The van der Waals surface area contributed by atoms with Gasteiger partial charge in [0.25, 0.3) is 27.8 Å². The molecule has 10 rings (SSSR count). The zero-order chi connectivity index (χ0) is 102. The highest BCUT2D eigenvalue weighted by atomic mass is 32.1. The van der Waals surface area contributed by atoms with Gasteiger partial charge in [-0.25, -0.2) is 19.2 Å². The molecule has 17 N–H and O–H groups in total. The van der Waals surface area contributed by atoms with E-state index in [0.29, 0.717) is 81.5 Å². The van der Waals surface area contributed by atoms with E-state index in [9.17, 15) is 98.7 Å². The predicted octanol–water partition coefficient (Wildman–Crippen LogP) is 1.73. The summed E-state index contributed by atoms with van der Waals surface area (Å²) in [6.07, 6.45) is 21.5. The zero-order valence-electron chi connectivity index (χ0n) is 81.3. The molecule has 5 aliphatic rings. The van der Waals surface area contributed by atoms with Crippen LogP contribution in [0, 0.1) is 4.77 Å². The Bertz CT molecular complexity index is 5590. The van der Waals surface area contributed by atoms with Crippen LogP contribution >= 0.6 is 46.6 Å². The number of H-pyrrole nitrogens is 5. The largest absolute Gasteiger partial charge is 0.388 e. The number of hydrogen-bond acceptors (Lipinski definition) is 30. The molecule has 0 spiro atoms. The smallest absolute Gasteiger partial charge is 0.330 e. The molecule has 5 aromatic rings. The number of nitrogens with one attached hydrogen (secondary N) is 8. The van der Waals surface area contributed by atoms with Crippen molar-refractivity contribution in [2.45, 2.75) is 243 Å². The fourth-order valence-electron chi connectivity index (χ4n) is 14.8. The predicted molar refractivity (Wildman–Crippen MR) is 545 cm³/mol. The van der Waals surface area contributed by atoms with Crippen LogP contribution in [0.3, 0.4) is 0 Å². The molecule has 135 heavy (non-hydrogen) atoms. The van der Waals surface area contributed by atoms with Gasteiger partial charge in [-0.1, -0.05) is 34.9 Å². The third-order valence-corrected chi connectivity index (χ3v) is 30.1. The number of Topliss-reactive ketones (excluding diaryl/α,β-unsaturated/α-hetero) is 2. The first-order valence-corrected chi connectivity index (χ1v) is 60.2. The molecule has 0 amide bonds. The van der Waals surface area contributed by atoms with Gasteiger partial charge in [0.2, 0.25) is 0 Å². The number of aliphatic hydroxyl groups is 9. The van der Waals surface area contributed by atoms with Crippen molar-refractivity contribution in [3.8, 4) is 0 Å². The molecule has 0 saturated carbocycles. The number of ketones is 2. The summed E-state index contributed by atoms with van der Waals surface area (Å²) >= 11 is 5.26. The molecule has 45 heteroatoms. The van der Waals surface area contributed by atoms with Crippen LogP contribution in [0.2, 0.25) is 0 Å². The lowest BCUT2D eigenvalue weighted by molar-refractivity contribution is -0.117. The van der Waals surface area contributed by atoms with Crippen LogP contribution in [-0.2, 0) is 70.5 Å². The Morgan fingerprint density at radius 2 is 0.570 bits per heavy atom. The molecular formula is C90H148N13O26P5S. The molecule has 0 aliphatic carbocycles. The number of aromatic nitrogens is 10. The average molecular weight is 2020 g/mol. The van der Waals surface area contributed by atoms with Crippen molar-refractivity contribution in [3.05, 3.63) is 192 Å².